The van der Waals surface area contributed by atoms with Gasteiger partial charge in [0.2, 0.25) is 9.84 Å². The highest BCUT2D eigenvalue weighted by Crippen LogP contribution is 2.33. The molecule has 1 heterocycles. The Bertz CT molecular complexity index is 1180. The zero-order chi connectivity index (χ0) is 22.4. The molecule has 0 spiro atoms. The van der Waals surface area contributed by atoms with Gasteiger partial charge in [0.25, 0.3) is 0 Å². The Morgan fingerprint density at radius 1 is 1.06 bits per heavy atom. The monoisotopic (exact) mass is 440 g/mol. The zero-order valence-electron chi connectivity index (χ0n) is 16.8. The number of aromatic nitrogens is 1. The van der Waals surface area contributed by atoms with Crippen LogP contribution in [0.15, 0.2) is 71.9 Å². The van der Waals surface area contributed by atoms with E-state index in [4.69, 9.17) is 9.47 Å². The lowest BCUT2D eigenvalue weighted by atomic mass is 10.1. The zero-order valence-corrected chi connectivity index (χ0v) is 17.6. The molecule has 31 heavy (non-hydrogen) atoms. The Morgan fingerprint density at radius 3 is 2.39 bits per heavy atom. The number of hydrogen-bond acceptors (Lipinski definition) is 8. The number of sulfone groups is 1. The van der Waals surface area contributed by atoms with Crippen LogP contribution in [0.2, 0.25) is 0 Å². The summed E-state index contributed by atoms with van der Waals surface area (Å²) in [6.45, 7) is 0. The van der Waals surface area contributed by atoms with Crippen molar-refractivity contribution in [3.05, 3.63) is 83.7 Å². The molecule has 1 atom stereocenters. The van der Waals surface area contributed by atoms with Crippen LogP contribution in [0, 0.1) is 0 Å². The molecule has 2 aromatic carbocycles. The minimum absolute atomic E-state index is 0.0258. The number of carbonyl (C=O) groups excluding carboxylic acids is 2. The molecule has 1 aromatic heterocycles. The normalized spacial score (nSPS) is 11.9. The standard InChI is InChI=1S/C22H20N2O6S/c1-29-17-8-10-18(11-9-17)31(27,28)21(15-6-4-12-23-13-15)24-20-16(14-25)5-3-7-19(20)22(26)30-2/h3-14,21,24H,1-2H3. The van der Waals surface area contributed by atoms with Gasteiger partial charge in [-0.2, -0.15) is 0 Å². The molecule has 1 N–H and O–H groups in total. The van der Waals surface area contributed by atoms with Crippen molar-refractivity contribution in [1.29, 1.82) is 0 Å². The number of ether oxygens (including phenoxy) is 2. The van der Waals surface area contributed by atoms with E-state index in [0.29, 0.717) is 17.6 Å². The van der Waals surface area contributed by atoms with Gasteiger partial charge < -0.3 is 14.8 Å². The SMILES string of the molecule is COC(=O)c1cccc(C=O)c1NC(c1cccnc1)S(=O)(=O)c1ccc(OC)cc1. The van der Waals surface area contributed by atoms with Crippen LogP contribution in [0.3, 0.4) is 0 Å². The summed E-state index contributed by atoms with van der Waals surface area (Å²) in [5.74, 6) is -0.206. The summed E-state index contributed by atoms with van der Waals surface area (Å²) in [5.41, 5.74) is 0.526. The van der Waals surface area contributed by atoms with E-state index in [1.54, 1.807) is 12.1 Å². The fraction of sp³-hybridized carbons (Fsp3) is 0.136. The van der Waals surface area contributed by atoms with Gasteiger partial charge >= 0.3 is 5.97 Å². The molecule has 0 saturated heterocycles. The average Bonchev–Trinajstić information content (AvgIpc) is 2.82. The first-order valence-electron chi connectivity index (χ1n) is 9.13. The molecule has 0 amide bonds. The minimum atomic E-state index is -4.03. The van der Waals surface area contributed by atoms with Crippen molar-refractivity contribution in [2.75, 3.05) is 19.5 Å². The molecule has 9 heteroatoms. The van der Waals surface area contributed by atoms with E-state index in [2.05, 4.69) is 10.3 Å². The second-order valence-corrected chi connectivity index (χ2v) is 8.44. The molecule has 1 unspecified atom stereocenters. The summed E-state index contributed by atoms with van der Waals surface area (Å²) in [5, 5.41) is 1.54. The number of aldehydes is 1. The molecule has 0 bridgehead atoms. The Morgan fingerprint density at radius 2 is 1.81 bits per heavy atom. The number of hydrogen-bond donors (Lipinski definition) is 1. The molecule has 160 valence electrons. The molecular weight excluding hydrogens is 420 g/mol. The van der Waals surface area contributed by atoms with Crippen LogP contribution in [0.25, 0.3) is 0 Å². The van der Waals surface area contributed by atoms with Crippen LogP contribution in [0.1, 0.15) is 31.7 Å². The lowest BCUT2D eigenvalue weighted by Crippen LogP contribution is -2.24. The summed E-state index contributed by atoms with van der Waals surface area (Å²) in [6, 6.07) is 13.5. The van der Waals surface area contributed by atoms with Gasteiger partial charge in [-0.1, -0.05) is 12.1 Å². The Kier molecular flexibility index (Phi) is 6.66. The van der Waals surface area contributed by atoms with Crippen molar-refractivity contribution < 1.29 is 27.5 Å². The van der Waals surface area contributed by atoms with Gasteiger partial charge in [-0.25, -0.2) is 13.2 Å². The molecule has 0 radical (unpaired) electrons. The number of nitrogens with one attached hydrogen (secondary N) is 1. The number of rotatable bonds is 8. The maximum absolute atomic E-state index is 13.6. The van der Waals surface area contributed by atoms with E-state index in [0.717, 1.165) is 0 Å². The lowest BCUT2D eigenvalue weighted by Gasteiger charge is -2.23. The summed E-state index contributed by atoms with van der Waals surface area (Å²) >= 11 is 0. The fourth-order valence-electron chi connectivity index (χ4n) is 3.01. The topological polar surface area (TPSA) is 112 Å². The van der Waals surface area contributed by atoms with E-state index in [9.17, 15) is 18.0 Å². The van der Waals surface area contributed by atoms with Crippen LogP contribution in [-0.2, 0) is 14.6 Å². The maximum Gasteiger partial charge on any atom is 0.339 e. The van der Waals surface area contributed by atoms with Gasteiger partial charge in [-0.3, -0.25) is 9.78 Å². The van der Waals surface area contributed by atoms with Gasteiger partial charge in [-0.05, 0) is 42.5 Å². The Balaban J connectivity index is 2.16. The fourth-order valence-corrected chi connectivity index (χ4v) is 4.57. The lowest BCUT2D eigenvalue weighted by molar-refractivity contribution is 0.0601. The predicted octanol–water partition coefficient (Wildman–Crippen LogP) is 3.27. The van der Waals surface area contributed by atoms with Gasteiger partial charge in [0.05, 0.1) is 30.4 Å². The minimum Gasteiger partial charge on any atom is -0.497 e. The number of anilines is 1. The van der Waals surface area contributed by atoms with Gasteiger partial charge in [0.1, 0.15) is 5.75 Å². The predicted molar refractivity (Wildman–Crippen MR) is 114 cm³/mol. The first-order valence-corrected chi connectivity index (χ1v) is 10.7. The van der Waals surface area contributed by atoms with E-state index in [1.807, 2.05) is 0 Å². The van der Waals surface area contributed by atoms with Crippen molar-refractivity contribution in [3.63, 3.8) is 0 Å². The summed E-state index contributed by atoms with van der Waals surface area (Å²) in [4.78, 5) is 27.9. The number of esters is 1. The van der Waals surface area contributed by atoms with Crippen molar-refractivity contribution in [1.82, 2.24) is 4.98 Å². The number of methoxy groups -OCH3 is 2. The molecule has 0 saturated carbocycles. The smallest absolute Gasteiger partial charge is 0.339 e. The molecule has 8 nitrogen and oxygen atoms in total. The molecular formula is C22H20N2O6S. The second kappa shape index (κ2) is 9.40. The third-order valence-corrected chi connectivity index (χ3v) is 6.53. The van der Waals surface area contributed by atoms with E-state index < -0.39 is 21.2 Å². The average molecular weight is 440 g/mol. The van der Waals surface area contributed by atoms with Crippen LogP contribution in [-0.4, -0.2) is 39.9 Å². The molecule has 3 aromatic rings. The third-order valence-electron chi connectivity index (χ3n) is 4.59. The molecule has 0 fully saturated rings. The van der Waals surface area contributed by atoms with E-state index in [1.165, 1.54) is 69.1 Å². The summed E-state index contributed by atoms with van der Waals surface area (Å²) in [7, 11) is -1.35. The first-order chi connectivity index (χ1) is 14.9. The molecule has 0 aliphatic heterocycles. The number of carbonyl (C=O) groups is 2. The highest BCUT2D eigenvalue weighted by Gasteiger charge is 2.31. The van der Waals surface area contributed by atoms with Gasteiger partial charge in [0, 0.05) is 23.5 Å². The van der Waals surface area contributed by atoms with Crippen molar-refractivity contribution in [2.45, 2.75) is 10.3 Å². The number of benzene rings is 2. The van der Waals surface area contributed by atoms with Crippen LogP contribution in [0.5, 0.6) is 5.75 Å². The third kappa shape index (κ3) is 4.56. The van der Waals surface area contributed by atoms with Gasteiger partial charge in [-0.15, -0.1) is 0 Å². The highest BCUT2D eigenvalue weighted by atomic mass is 32.2. The van der Waals surface area contributed by atoms with Crippen molar-refractivity contribution in [2.24, 2.45) is 0 Å². The van der Waals surface area contributed by atoms with Crippen molar-refractivity contribution >= 4 is 27.8 Å². The quantitative estimate of drug-likeness (QED) is 0.420. The Labute approximate surface area is 179 Å². The van der Waals surface area contributed by atoms with Crippen molar-refractivity contribution in [3.8, 4) is 5.75 Å². The Hall–Kier alpha value is -3.72. The summed E-state index contributed by atoms with van der Waals surface area (Å²) < 4.78 is 37.0. The van der Waals surface area contributed by atoms with E-state index >= 15 is 0 Å². The maximum atomic E-state index is 13.6. The molecule has 0 aliphatic rings. The molecule has 0 aliphatic carbocycles. The van der Waals surface area contributed by atoms with Gasteiger partial charge in [0.15, 0.2) is 11.7 Å². The first kappa shape index (κ1) is 22.0. The van der Waals surface area contributed by atoms with Crippen LogP contribution >= 0.6 is 0 Å². The van der Waals surface area contributed by atoms with Crippen LogP contribution in [0.4, 0.5) is 5.69 Å². The number of para-hydroxylation sites is 1. The number of pyridine rings is 1. The van der Waals surface area contributed by atoms with E-state index in [-0.39, 0.29) is 21.7 Å². The second-order valence-electron chi connectivity index (χ2n) is 6.41. The number of nitrogens with zero attached hydrogens (tertiary/aromatic N) is 1. The molecule has 3 rings (SSSR count). The van der Waals surface area contributed by atoms with Crippen LogP contribution < -0.4 is 10.1 Å². The largest absolute Gasteiger partial charge is 0.497 e. The summed E-state index contributed by atoms with van der Waals surface area (Å²) in [6.07, 6.45) is 3.45. The highest BCUT2D eigenvalue weighted by molar-refractivity contribution is 7.91.